The molecule has 1 unspecified atom stereocenters. The molecule has 152 valence electrons. The average Bonchev–Trinajstić information content (AvgIpc) is 3.36. The monoisotopic (exact) mass is 395 g/mol. The number of amides is 1. The van der Waals surface area contributed by atoms with Gasteiger partial charge in [0.1, 0.15) is 12.1 Å². The largest absolute Gasteiger partial charge is 0.361 e. The van der Waals surface area contributed by atoms with Crippen LogP contribution in [0.5, 0.6) is 0 Å². The van der Waals surface area contributed by atoms with Gasteiger partial charge in [0.25, 0.3) is 5.91 Å². The molecule has 0 aromatic carbocycles. The van der Waals surface area contributed by atoms with Gasteiger partial charge in [-0.25, -0.2) is 9.97 Å². The standard InChI is InChI=1S/C21H25N5O3/c1-13(2)7-16-9-18(25-28-16)21(27)26-6-4-5-15(11-26)20-17(10-22-12-23-20)19-8-14(3)24-29-19/h8-10,12-13,15H,4-7,11H2,1-3H3. The molecule has 1 aliphatic rings. The summed E-state index contributed by atoms with van der Waals surface area (Å²) < 4.78 is 10.8. The quantitative estimate of drug-likeness (QED) is 0.650. The Morgan fingerprint density at radius 1 is 1.28 bits per heavy atom. The first kappa shape index (κ1) is 19.3. The van der Waals surface area contributed by atoms with E-state index in [1.807, 2.05) is 17.9 Å². The lowest BCUT2D eigenvalue weighted by molar-refractivity contribution is 0.0695. The summed E-state index contributed by atoms with van der Waals surface area (Å²) in [5.41, 5.74) is 2.89. The Balaban J connectivity index is 1.53. The first-order valence-electron chi connectivity index (χ1n) is 9.99. The predicted molar refractivity (Wildman–Crippen MR) is 105 cm³/mol. The van der Waals surface area contributed by atoms with Gasteiger partial charge in [-0.1, -0.05) is 24.2 Å². The molecule has 1 atom stereocenters. The summed E-state index contributed by atoms with van der Waals surface area (Å²) in [5.74, 6) is 1.84. The van der Waals surface area contributed by atoms with Crippen molar-refractivity contribution in [1.82, 2.24) is 25.2 Å². The molecule has 29 heavy (non-hydrogen) atoms. The molecular weight excluding hydrogens is 370 g/mol. The molecule has 0 spiro atoms. The van der Waals surface area contributed by atoms with E-state index in [9.17, 15) is 4.79 Å². The van der Waals surface area contributed by atoms with Crippen molar-refractivity contribution in [2.75, 3.05) is 13.1 Å². The minimum absolute atomic E-state index is 0.0955. The summed E-state index contributed by atoms with van der Waals surface area (Å²) >= 11 is 0. The van der Waals surface area contributed by atoms with Crippen molar-refractivity contribution in [1.29, 1.82) is 0 Å². The molecule has 1 saturated heterocycles. The first-order valence-corrected chi connectivity index (χ1v) is 9.99. The van der Waals surface area contributed by atoms with Crippen LogP contribution >= 0.6 is 0 Å². The molecule has 1 aliphatic heterocycles. The molecule has 1 fully saturated rings. The zero-order chi connectivity index (χ0) is 20.4. The van der Waals surface area contributed by atoms with Gasteiger partial charge < -0.3 is 13.9 Å². The molecule has 0 radical (unpaired) electrons. The van der Waals surface area contributed by atoms with E-state index in [0.717, 1.165) is 42.0 Å². The van der Waals surface area contributed by atoms with Crippen molar-refractivity contribution in [3.05, 3.63) is 47.5 Å². The molecule has 3 aromatic rings. The van der Waals surface area contributed by atoms with Crippen molar-refractivity contribution in [3.63, 3.8) is 0 Å². The van der Waals surface area contributed by atoms with Gasteiger partial charge in [0.2, 0.25) is 0 Å². The van der Waals surface area contributed by atoms with Gasteiger partial charge in [0.15, 0.2) is 11.5 Å². The highest BCUT2D eigenvalue weighted by atomic mass is 16.5. The zero-order valence-electron chi connectivity index (χ0n) is 17.0. The number of nitrogens with zero attached hydrogens (tertiary/aromatic N) is 5. The molecule has 8 heteroatoms. The summed E-state index contributed by atoms with van der Waals surface area (Å²) in [6, 6.07) is 3.64. The second kappa shape index (κ2) is 8.14. The highest BCUT2D eigenvalue weighted by Gasteiger charge is 2.30. The Labute approximate surface area is 169 Å². The average molecular weight is 395 g/mol. The molecule has 0 N–H and O–H groups in total. The second-order valence-electron chi connectivity index (χ2n) is 8.02. The van der Waals surface area contributed by atoms with E-state index >= 15 is 0 Å². The lowest BCUT2D eigenvalue weighted by Crippen LogP contribution is -2.39. The maximum absolute atomic E-state index is 13.0. The Hall–Kier alpha value is -3.03. The summed E-state index contributed by atoms with van der Waals surface area (Å²) in [7, 11) is 0. The third-order valence-corrected chi connectivity index (χ3v) is 5.12. The first-order chi connectivity index (χ1) is 14.0. The molecule has 4 rings (SSSR count). The van der Waals surface area contributed by atoms with Crippen molar-refractivity contribution >= 4 is 5.91 Å². The van der Waals surface area contributed by atoms with E-state index in [1.54, 1.807) is 18.6 Å². The SMILES string of the molecule is Cc1cc(-c2cncnc2C2CCCN(C(=O)c3cc(CC(C)C)on3)C2)on1. The second-order valence-corrected chi connectivity index (χ2v) is 8.02. The fraction of sp³-hybridized carbons (Fsp3) is 0.476. The number of rotatable bonds is 5. The Kier molecular flexibility index (Phi) is 5.42. The molecular formula is C21H25N5O3. The van der Waals surface area contributed by atoms with Crippen LogP contribution in [-0.4, -0.2) is 44.2 Å². The number of carbonyl (C=O) groups excluding carboxylic acids is 1. The molecule has 0 aliphatic carbocycles. The molecule has 1 amide bonds. The van der Waals surface area contributed by atoms with E-state index in [2.05, 4.69) is 34.1 Å². The van der Waals surface area contributed by atoms with Crippen LogP contribution in [0, 0.1) is 12.8 Å². The Bertz CT molecular complexity index is 994. The van der Waals surface area contributed by atoms with Crippen LogP contribution in [0.1, 0.15) is 60.2 Å². The van der Waals surface area contributed by atoms with Gasteiger partial charge >= 0.3 is 0 Å². The number of likely N-dealkylation sites (tertiary alicyclic amines) is 1. The summed E-state index contributed by atoms with van der Waals surface area (Å²) in [6.45, 7) is 7.36. The number of hydrogen-bond donors (Lipinski definition) is 0. The molecule has 3 aromatic heterocycles. The molecule has 0 saturated carbocycles. The lowest BCUT2D eigenvalue weighted by Gasteiger charge is -2.32. The van der Waals surface area contributed by atoms with Crippen LogP contribution in [0.4, 0.5) is 0 Å². The topological polar surface area (TPSA) is 98.2 Å². The molecule has 4 heterocycles. The third-order valence-electron chi connectivity index (χ3n) is 5.12. The number of hydrogen-bond acceptors (Lipinski definition) is 7. The van der Waals surface area contributed by atoms with Crippen LogP contribution < -0.4 is 0 Å². The smallest absolute Gasteiger partial charge is 0.276 e. The minimum Gasteiger partial charge on any atom is -0.361 e. The van der Waals surface area contributed by atoms with E-state index < -0.39 is 0 Å². The summed E-state index contributed by atoms with van der Waals surface area (Å²) in [5, 5.41) is 7.97. The summed E-state index contributed by atoms with van der Waals surface area (Å²) in [4.78, 5) is 23.5. The van der Waals surface area contributed by atoms with Crippen LogP contribution in [0.25, 0.3) is 11.3 Å². The van der Waals surface area contributed by atoms with E-state index in [1.165, 1.54) is 0 Å². The van der Waals surface area contributed by atoms with Crippen molar-refractivity contribution < 1.29 is 13.8 Å². The number of piperidine rings is 1. The highest BCUT2D eigenvalue weighted by Crippen LogP contribution is 2.33. The van der Waals surface area contributed by atoms with Crippen LogP contribution in [0.3, 0.4) is 0 Å². The zero-order valence-corrected chi connectivity index (χ0v) is 17.0. The van der Waals surface area contributed by atoms with Crippen LogP contribution in [0.2, 0.25) is 0 Å². The molecule has 0 bridgehead atoms. The fourth-order valence-electron chi connectivity index (χ4n) is 3.80. The maximum Gasteiger partial charge on any atom is 0.276 e. The van der Waals surface area contributed by atoms with Crippen LogP contribution in [0.15, 0.2) is 33.7 Å². The van der Waals surface area contributed by atoms with Gasteiger partial charge in [-0.15, -0.1) is 0 Å². The molecule has 8 nitrogen and oxygen atoms in total. The number of aromatic nitrogens is 4. The predicted octanol–water partition coefficient (Wildman–Crippen LogP) is 3.65. The Morgan fingerprint density at radius 2 is 2.14 bits per heavy atom. The Morgan fingerprint density at radius 3 is 2.90 bits per heavy atom. The van der Waals surface area contributed by atoms with Gasteiger partial charge in [0, 0.05) is 43.8 Å². The van der Waals surface area contributed by atoms with E-state index in [0.29, 0.717) is 30.5 Å². The van der Waals surface area contributed by atoms with E-state index in [4.69, 9.17) is 9.05 Å². The fourth-order valence-corrected chi connectivity index (χ4v) is 3.80. The van der Waals surface area contributed by atoms with Gasteiger partial charge in [0.05, 0.1) is 17.0 Å². The summed E-state index contributed by atoms with van der Waals surface area (Å²) in [6.07, 6.45) is 5.89. The maximum atomic E-state index is 13.0. The van der Waals surface area contributed by atoms with Crippen molar-refractivity contribution in [2.45, 2.75) is 46.0 Å². The minimum atomic E-state index is -0.0976. The van der Waals surface area contributed by atoms with E-state index in [-0.39, 0.29) is 11.8 Å². The number of carbonyl (C=O) groups is 1. The normalized spacial score (nSPS) is 17.1. The van der Waals surface area contributed by atoms with Crippen molar-refractivity contribution in [3.8, 4) is 11.3 Å². The third kappa shape index (κ3) is 4.21. The van der Waals surface area contributed by atoms with Crippen molar-refractivity contribution in [2.24, 2.45) is 5.92 Å². The number of aryl methyl sites for hydroxylation is 1. The lowest BCUT2D eigenvalue weighted by atomic mass is 9.91. The van der Waals surface area contributed by atoms with Crippen LogP contribution in [-0.2, 0) is 6.42 Å². The van der Waals surface area contributed by atoms with Gasteiger partial charge in [-0.2, -0.15) is 0 Å². The van der Waals surface area contributed by atoms with Gasteiger partial charge in [-0.05, 0) is 25.7 Å². The highest BCUT2D eigenvalue weighted by molar-refractivity contribution is 5.92. The van der Waals surface area contributed by atoms with Gasteiger partial charge in [-0.3, -0.25) is 4.79 Å².